The summed E-state index contributed by atoms with van der Waals surface area (Å²) in [7, 11) is 0. The first-order valence-electron chi connectivity index (χ1n) is 6.65. The van der Waals surface area contributed by atoms with Crippen molar-refractivity contribution in [2.75, 3.05) is 12.3 Å². The van der Waals surface area contributed by atoms with Crippen molar-refractivity contribution < 1.29 is 13.6 Å². The van der Waals surface area contributed by atoms with E-state index in [1.165, 1.54) is 17.8 Å². The molecule has 2 atom stereocenters. The number of hydrogen-bond acceptors (Lipinski definition) is 3. The second-order valence-corrected chi connectivity index (χ2v) is 6.06. The molecule has 1 saturated heterocycles. The highest BCUT2D eigenvalue weighted by Gasteiger charge is 2.19. The molecule has 1 heterocycles. The Morgan fingerprint density at radius 1 is 1.43 bits per heavy atom. The van der Waals surface area contributed by atoms with Gasteiger partial charge in [0.1, 0.15) is 0 Å². The lowest BCUT2D eigenvalue weighted by molar-refractivity contribution is -0.119. The highest BCUT2D eigenvalue weighted by atomic mass is 35.5. The molecule has 7 heteroatoms. The van der Waals surface area contributed by atoms with E-state index >= 15 is 0 Å². The van der Waals surface area contributed by atoms with Crippen LogP contribution in [0.5, 0.6) is 0 Å². The lowest BCUT2D eigenvalue weighted by atomic mass is 10.0. The van der Waals surface area contributed by atoms with Crippen molar-refractivity contribution in [3.8, 4) is 0 Å². The van der Waals surface area contributed by atoms with E-state index in [4.69, 9.17) is 0 Å². The molecular weight excluding hydrogens is 318 g/mol. The van der Waals surface area contributed by atoms with Crippen molar-refractivity contribution in [2.24, 2.45) is 0 Å². The zero-order chi connectivity index (χ0) is 14.5. The summed E-state index contributed by atoms with van der Waals surface area (Å²) in [4.78, 5) is 12.4. The molecule has 0 bridgehead atoms. The second kappa shape index (κ2) is 8.56. The zero-order valence-electron chi connectivity index (χ0n) is 11.7. The van der Waals surface area contributed by atoms with Crippen LogP contribution in [0.2, 0.25) is 0 Å². The standard InChI is InChI=1S/C14H18F2N2OS.ClH/c1-9-6-10(4-5-17-9)18-14(19)8-20-11-2-3-12(15)13(16)7-11;/h2-3,7,9-10,17H,4-6,8H2,1H3,(H,18,19);1H. The third kappa shape index (κ3) is 5.80. The summed E-state index contributed by atoms with van der Waals surface area (Å²) in [6, 6.07) is 4.27. The summed E-state index contributed by atoms with van der Waals surface area (Å²) in [5.41, 5.74) is 0. The summed E-state index contributed by atoms with van der Waals surface area (Å²) in [6.45, 7) is 3.00. The van der Waals surface area contributed by atoms with E-state index in [9.17, 15) is 13.6 Å². The van der Waals surface area contributed by atoms with Crippen LogP contribution in [0.25, 0.3) is 0 Å². The Labute approximate surface area is 133 Å². The number of hydrogen-bond donors (Lipinski definition) is 2. The predicted octanol–water partition coefficient (Wildman–Crippen LogP) is 2.74. The Morgan fingerprint density at radius 2 is 2.19 bits per heavy atom. The molecule has 118 valence electrons. The molecule has 21 heavy (non-hydrogen) atoms. The fourth-order valence-electron chi connectivity index (χ4n) is 2.25. The van der Waals surface area contributed by atoms with Crippen molar-refractivity contribution in [3.63, 3.8) is 0 Å². The SMILES string of the molecule is CC1CC(NC(=O)CSc2ccc(F)c(F)c2)CCN1.Cl. The molecule has 1 aromatic carbocycles. The number of piperidine rings is 1. The molecule has 1 aliphatic rings. The van der Waals surface area contributed by atoms with E-state index in [1.54, 1.807) is 0 Å². The Morgan fingerprint density at radius 3 is 2.86 bits per heavy atom. The Kier molecular flexibility index (Phi) is 7.42. The molecule has 2 N–H and O–H groups in total. The van der Waals surface area contributed by atoms with Crippen molar-refractivity contribution in [1.82, 2.24) is 10.6 Å². The van der Waals surface area contributed by atoms with Gasteiger partial charge in [0.15, 0.2) is 11.6 Å². The predicted molar refractivity (Wildman–Crippen MR) is 83.0 cm³/mol. The van der Waals surface area contributed by atoms with Crippen molar-refractivity contribution in [1.29, 1.82) is 0 Å². The number of rotatable bonds is 4. The smallest absolute Gasteiger partial charge is 0.230 e. The molecule has 1 aromatic rings. The fraction of sp³-hybridized carbons (Fsp3) is 0.500. The van der Waals surface area contributed by atoms with E-state index in [-0.39, 0.29) is 30.1 Å². The van der Waals surface area contributed by atoms with Crippen LogP contribution in [0.3, 0.4) is 0 Å². The van der Waals surface area contributed by atoms with Crippen molar-refractivity contribution in [2.45, 2.75) is 36.7 Å². The molecule has 1 fully saturated rings. The van der Waals surface area contributed by atoms with Crippen LogP contribution in [0.15, 0.2) is 23.1 Å². The molecule has 0 saturated carbocycles. The Bertz CT molecular complexity index is 490. The third-order valence-electron chi connectivity index (χ3n) is 3.25. The van der Waals surface area contributed by atoms with Gasteiger partial charge in [-0.15, -0.1) is 24.2 Å². The minimum atomic E-state index is -0.886. The second-order valence-electron chi connectivity index (χ2n) is 5.01. The highest BCUT2D eigenvalue weighted by molar-refractivity contribution is 8.00. The van der Waals surface area contributed by atoms with Crippen molar-refractivity contribution >= 4 is 30.1 Å². The summed E-state index contributed by atoms with van der Waals surface area (Å²) in [6.07, 6.45) is 1.84. The summed E-state index contributed by atoms with van der Waals surface area (Å²) in [5, 5.41) is 6.30. The van der Waals surface area contributed by atoms with Crippen LogP contribution in [0, 0.1) is 11.6 Å². The van der Waals surface area contributed by atoms with Gasteiger partial charge in [0.25, 0.3) is 0 Å². The number of halogens is 3. The maximum Gasteiger partial charge on any atom is 0.230 e. The topological polar surface area (TPSA) is 41.1 Å². The fourth-order valence-corrected chi connectivity index (χ4v) is 2.98. The average molecular weight is 337 g/mol. The van der Waals surface area contributed by atoms with E-state index in [0.29, 0.717) is 10.9 Å². The van der Waals surface area contributed by atoms with Crippen LogP contribution in [0.1, 0.15) is 19.8 Å². The maximum atomic E-state index is 13.0. The first kappa shape index (κ1) is 18.2. The average Bonchev–Trinajstić information content (AvgIpc) is 2.40. The molecule has 1 amide bonds. The molecule has 2 unspecified atom stereocenters. The van der Waals surface area contributed by atoms with E-state index < -0.39 is 11.6 Å². The van der Waals surface area contributed by atoms with Gasteiger partial charge in [-0.3, -0.25) is 4.79 Å². The monoisotopic (exact) mass is 336 g/mol. The number of carbonyl (C=O) groups is 1. The minimum Gasteiger partial charge on any atom is -0.353 e. The molecule has 1 aliphatic heterocycles. The summed E-state index contributed by atoms with van der Waals surface area (Å²) < 4.78 is 25.8. The molecule has 0 radical (unpaired) electrons. The number of carbonyl (C=O) groups excluding carboxylic acids is 1. The van der Waals surface area contributed by atoms with E-state index in [0.717, 1.165) is 31.5 Å². The summed E-state index contributed by atoms with van der Waals surface area (Å²) >= 11 is 1.21. The van der Waals surface area contributed by atoms with Crippen LogP contribution in [-0.4, -0.2) is 30.3 Å². The van der Waals surface area contributed by atoms with Gasteiger partial charge < -0.3 is 10.6 Å². The Balaban J connectivity index is 0.00000220. The molecule has 0 aromatic heterocycles. The lowest BCUT2D eigenvalue weighted by Gasteiger charge is -2.28. The molecule has 0 spiro atoms. The number of thioether (sulfide) groups is 1. The van der Waals surface area contributed by atoms with Crippen LogP contribution < -0.4 is 10.6 Å². The van der Waals surface area contributed by atoms with Gasteiger partial charge in [0.05, 0.1) is 5.75 Å². The molecular formula is C14H19ClF2N2OS. The molecule has 3 nitrogen and oxygen atoms in total. The van der Waals surface area contributed by atoms with Gasteiger partial charge in [-0.25, -0.2) is 8.78 Å². The van der Waals surface area contributed by atoms with Gasteiger partial charge in [-0.05, 0) is 44.5 Å². The number of benzene rings is 1. The van der Waals surface area contributed by atoms with E-state index in [2.05, 4.69) is 17.6 Å². The molecule has 2 rings (SSSR count). The third-order valence-corrected chi connectivity index (χ3v) is 4.24. The minimum absolute atomic E-state index is 0. The van der Waals surface area contributed by atoms with Crippen LogP contribution >= 0.6 is 24.2 Å². The maximum absolute atomic E-state index is 13.0. The summed E-state index contributed by atoms with van der Waals surface area (Å²) in [5.74, 6) is -1.62. The largest absolute Gasteiger partial charge is 0.353 e. The van der Waals surface area contributed by atoms with Gasteiger partial charge >= 0.3 is 0 Å². The van der Waals surface area contributed by atoms with Crippen LogP contribution in [0.4, 0.5) is 8.78 Å². The van der Waals surface area contributed by atoms with E-state index in [1.807, 2.05) is 0 Å². The highest BCUT2D eigenvalue weighted by Crippen LogP contribution is 2.20. The first-order chi connectivity index (χ1) is 9.54. The lowest BCUT2D eigenvalue weighted by Crippen LogP contribution is -2.47. The first-order valence-corrected chi connectivity index (χ1v) is 7.64. The van der Waals surface area contributed by atoms with Gasteiger partial charge in [-0.2, -0.15) is 0 Å². The normalized spacial score (nSPS) is 21.5. The van der Waals surface area contributed by atoms with Gasteiger partial charge in [0, 0.05) is 17.0 Å². The zero-order valence-corrected chi connectivity index (χ0v) is 13.3. The van der Waals surface area contributed by atoms with Gasteiger partial charge in [-0.1, -0.05) is 0 Å². The molecule has 0 aliphatic carbocycles. The van der Waals surface area contributed by atoms with Crippen LogP contribution in [-0.2, 0) is 4.79 Å². The number of nitrogens with one attached hydrogen (secondary N) is 2. The Hall–Kier alpha value is -0.850. The number of amides is 1. The van der Waals surface area contributed by atoms with Crippen molar-refractivity contribution in [3.05, 3.63) is 29.8 Å². The quantitative estimate of drug-likeness (QED) is 0.831. The van der Waals surface area contributed by atoms with Gasteiger partial charge in [0.2, 0.25) is 5.91 Å².